The van der Waals surface area contributed by atoms with Crippen molar-refractivity contribution in [2.75, 3.05) is 25.5 Å². The zero-order valence-electron chi connectivity index (χ0n) is 15.5. The van der Waals surface area contributed by atoms with E-state index in [4.69, 9.17) is 14.6 Å². The van der Waals surface area contributed by atoms with Crippen molar-refractivity contribution >= 4 is 15.7 Å². The molecule has 1 aromatic carbocycles. The van der Waals surface area contributed by atoms with E-state index in [1.807, 2.05) is 0 Å². The van der Waals surface area contributed by atoms with Crippen molar-refractivity contribution in [1.29, 1.82) is 0 Å². The lowest BCUT2D eigenvalue weighted by Crippen LogP contribution is -2.23. The van der Waals surface area contributed by atoms with E-state index in [-0.39, 0.29) is 24.5 Å². The highest BCUT2D eigenvalue weighted by molar-refractivity contribution is 7.93. The zero-order valence-corrected chi connectivity index (χ0v) is 16.3. The number of anilines is 1. The summed E-state index contributed by atoms with van der Waals surface area (Å²) in [5.41, 5.74) is -1.26. The molecule has 1 atom stereocenters. The molecule has 1 unspecified atom stereocenters. The molecule has 2 rings (SSSR count). The Morgan fingerprint density at radius 2 is 1.66 bits per heavy atom. The number of halogens is 3. The van der Waals surface area contributed by atoms with Crippen LogP contribution < -0.4 is 14.2 Å². The molecule has 0 saturated carbocycles. The number of hydrogen-bond acceptors (Lipinski definition) is 9. The maximum atomic E-state index is 14.0. The summed E-state index contributed by atoms with van der Waals surface area (Å²) in [4.78, 5) is 11.2. The molecule has 10 nitrogen and oxygen atoms in total. The first-order chi connectivity index (χ1) is 13.6. The predicted octanol–water partition coefficient (Wildman–Crippen LogP) is 1.07. The highest BCUT2D eigenvalue weighted by atomic mass is 32.2. The number of rotatable bonds is 7. The van der Waals surface area contributed by atoms with Crippen LogP contribution >= 0.6 is 0 Å². The molecule has 0 aliphatic carbocycles. The number of methoxy groups -OCH3 is 2. The Labute approximate surface area is 164 Å². The number of benzene rings is 1. The van der Waals surface area contributed by atoms with Crippen LogP contribution in [-0.4, -0.2) is 60.2 Å². The number of nitrogens with one attached hydrogen (secondary N) is 1. The number of aliphatic hydroxyl groups is 2. The molecule has 0 aliphatic heterocycles. The van der Waals surface area contributed by atoms with Gasteiger partial charge in [-0.25, -0.2) is 12.8 Å². The molecule has 3 N–H and O–H groups in total. The van der Waals surface area contributed by atoms with Gasteiger partial charge in [0.1, 0.15) is 11.9 Å². The van der Waals surface area contributed by atoms with Gasteiger partial charge in [0.25, 0.3) is 10.0 Å². The van der Waals surface area contributed by atoms with Crippen LogP contribution in [0, 0.1) is 5.82 Å². The van der Waals surface area contributed by atoms with Crippen molar-refractivity contribution in [3.05, 3.63) is 35.4 Å². The highest BCUT2D eigenvalue weighted by Gasteiger charge is 2.29. The smallest absolute Gasteiger partial charge is 0.355 e. The Bertz CT molecular complexity index is 895. The molecule has 0 aliphatic rings. The van der Waals surface area contributed by atoms with E-state index in [0.29, 0.717) is 0 Å². The maximum absolute atomic E-state index is 14.0. The monoisotopic (exact) mass is 440 g/mol. The van der Waals surface area contributed by atoms with Crippen molar-refractivity contribution in [3.8, 4) is 12.0 Å². The van der Waals surface area contributed by atoms with Gasteiger partial charge in [0.2, 0.25) is 0 Å². The molecule has 0 radical (unpaired) electrons. The standard InChI is InChI=1S/C13H13F3N4O5S.C2H6O/c1-24-12-17-10(18-13(19-12)25-2)9(21)6-4-3-5-7(14)8(6)20-26(22,23)11(15)16;1-2-3/h3-5,9,11,20-21H,1-2H3;3H,2H2,1H3. The van der Waals surface area contributed by atoms with E-state index in [0.717, 1.165) is 18.2 Å². The largest absolute Gasteiger partial charge is 0.467 e. The predicted molar refractivity (Wildman–Crippen MR) is 94.7 cm³/mol. The van der Waals surface area contributed by atoms with Crippen molar-refractivity contribution in [2.24, 2.45) is 0 Å². The molecule has 0 spiro atoms. The fourth-order valence-corrected chi connectivity index (χ4v) is 2.45. The van der Waals surface area contributed by atoms with Crippen LogP contribution in [0.2, 0.25) is 0 Å². The maximum Gasteiger partial charge on any atom is 0.355 e. The number of ether oxygens (including phenoxy) is 2. The van der Waals surface area contributed by atoms with Gasteiger partial charge in [0.15, 0.2) is 5.82 Å². The Morgan fingerprint density at radius 3 is 2.10 bits per heavy atom. The molecule has 162 valence electrons. The Kier molecular flexibility index (Phi) is 9.00. The van der Waals surface area contributed by atoms with E-state index in [1.165, 1.54) is 18.9 Å². The number of hydrogen-bond donors (Lipinski definition) is 3. The molecular weight excluding hydrogens is 421 g/mol. The Hall–Kier alpha value is -2.71. The SMILES string of the molecule is CCO.COc1nc(OC)nc(C(O)c2cccc(F)c2NS(=O)(=O)C(F)F)n1. The molecule has 0 bridgehead atoms. The third-order valence-corrected chi connectivity index (χ3v) is 4.00. The van der Waals surface area contributed by atoms with Gasteiger partial charge >= 0.3 is 17.8 Å². The summed E-state index contributed by atoms with van der Waals surface area (Å²) in [7, 11) is -2.71. The molecule has 0 fully saturated rings. The van der Waals surface area contributed by atoms with Crippen molar-refractivity contribution < 1.29 is 41.3 Å². The van der Waals surface area contributed by atoms with Gasteiger partial charge in [-0.1, -0.05) is 12.1 Å². The third kappa shape index (κ3) is 6.40. The number of aliphatic hydroxyl groups excluding tert-OH is 2. The van der Waals surface area contributed by atoms with E-state index in [9.17, 15) is 26.7 Å². The first kappa shape index (κ1) is 24.3. The van der Waals surface area contributed by atoms with Crippen LogP contribution in [0.4, 0.5) is 18.9 Å². The molecule has 0 amide bonds. The van der Waals surface area contributed by atoms with Crippen molar-refractivity contribution in [1.82, 2.24) is 15.0 Å². The van der Waals surface area contributed by atoms with Gasteiger partial charge in [-0.05, 0) is 13.0 Å². The van der Waals surface area contributed by atoms with E-state index >= 15 is 0 Å². The molecule has 14 heteroatoms. The summed E-state index contributed by atoms with van der Waals surface area (Å²) in [5, 5.41) is 18.0. The quantitative estimate of drug-likeness (QED) is 0.576. The van der Waals surface area contributed by atoms with Gasteiger partial charge in [-0.15, -0.1) is 4.98 Å². The molecule has 0 saturated heterocycles. The van der Waals surface area contributed by atoms with Crippen LogP contribution in [0.3, 0.4) is 0 Å². The number of nitrogens with zero attached hydrogens (tertiary/aromatic N) is 3. The van der Waals surface area contributed by atoms with Crippen LogP contribution in [0.25, 0.3) is 0 Å². The highest BCUT2D eigenvalue weighted by Crippen LogP contribution is 2.31. The van der Waals surface area contributed by atoms with E-state index in [2.05, 4.69) is 15.0 Å². The molecule has 29 heavy (non-hydrogen) atoms. The van der Waals surface area contributed by atoms with E-state index < -0.39 is 39.0 Å². The first-order valence-electron chi connectivity index (χ1n) is 7.82. The fourth-order valence-electron chi connectivity index (χ4n) is 1.86. The Balaban J connectivity index is 0.00000132. The second kappa shape index (κ2) is 10.7. The molecule has 1 aromatic heterocycles. The number of alkyl halides is 2. The lowest BCUT2D eigenvalue weighted by atomic mass is 10.1. The zero-order chi connectivity index (χ0) is 22.2. The van der Waals surface area contributed by atoms with Crippen molar-refractivity contribution in [2.45, 2.75) is 18.8 Å². The fraction of sp³-hybridized carbons (Fsp3) is 0.400. The minimum Gasteiger partial charge on any atom is -0.467 e. The third-order valence-electron chi connectivity index (χ3n) is 3.04. The van der Waals surface area contributed by atoms with Gasteiger partial charge in [0.05, 0.1) is 19.9 Å². The molecule has 2 aromatic rings. The Morgan fingerprint density at radius 1 is 1.14 bits per heavy atom. The lowest BCUT2D eigenvalue weighted by Gasteiger charge is -2.17. The van der Waals surface area contributed by atoms with Crippen molar-refractivity contribution in [3.63, 3.8) is 0 Å². The van der Waals surface area contributed by atoms with Crippen LogP contribution in [0.15, 0.2) is 18.2 Å². The van der Waals surface area contributed by atoms with E-state index in [1.54, 1.807) is 6.92 Å². The number of aromatic nitrogens is 3. The van der Waals surface area contributed by atoms with Gasteiger partial charge in [-0.2, -0.15) is 18.7 Å². The van der Waals surface area contributed by atoms with Crippen LogP contribution in [-0.2, 0) is 10.0 Å². The molecular formula is C15H19F3N4O6S. The first-order valence-corrected chi connectivity index (χ1v) is 9.36. The number of sulfonamides is 1. The summed E-state index contributed by atoms with van der Waals surface area (Å²) < 4.78 is 73.0. The minimum absolute atomic E-state index is 0.239. The second-order valence-electron chi connectivity index (χ2n) is 5.00. The van der Waals surface area contributed by atoms with Gasteiger partial charge in [0, 0.05) is 12.2 Å². The van der Waals surface area contributed by atoms with Crippen LogP contribution in [0.1, 0.15) is 24.4 Å². The normalized spacial score (nSPS) is 12.0. The number of para-hydroxylation sites is 1. The summed E-state index contributed by atoms with van der Waals surface area (Å²) in [5.74, 6) is -5.36. The van der Waals surface area contributed by atoms with Gasteiger partial charge in [-0.3, -0.25) is 4.72 Å². The summed E-state index contributed by atoms with van der Waals surface area (Å²) >= 11 is 0. The van der Waals surface area contributed by atoms with Crippen LogP contribution in [0.5, 0.6) is 12.0 Å². The molecule has 1 heterocycles. The minimum atomic E-state index is -5.17. The average Bonchev–Trinajstić information content (AvgIpc) is 2.68. The summed E-state index contributed by atoms with van der Waals surface area (Å²) in [6.07, 6.45) is -1.80. The lowest BCUT2D eigenvalue weighted by molar-refractivity contribution is 0.204. The second-order valence-corrected chi connectivity index (χ2v) is 6.65. The summed E-state index contributed by atoms with van der Waals surface area (Å²) in [6, 6.07) is 2.60. The van der Waals surface area contributed by atoms with Gasteiger partial charge < -0.3 is 19.7 Å². The topological polar surface area (TPSA) is 144 Å². The average molecular weight is 440 g/mol. The summed E-state index contributed by atoms with van der Waals surface area (Å²) in [6.45, 7) is 1.93.